The summed E-state index contributed by atoms with van der Waals surface area (Å²) in [5.41, 5.74) is 3.07. The summed E-state index contributed by atoms with van der Waals surface area (Å²) in [5.74, 6) is -0.646. The number of aromatic nitrogens is 2. The summed E-state index contributed by atoms with van der Waals surface area (Å²) in [7, 11) is 1.63. The van der Waals surface area contributed by atoms with Crippen LogP contribution in [0, 0.1) is 19.7 Å². The molecular formula is C20H19ClFN3O. The van der Waals surface area contributed by atoms with E-state index in [9.17, 15) is 9.18 Å². The molecule has 0 radical (unpaired) electrons. The fourth-order valence-electron chi connectivity index (χ4n) is 2.96. The van der Waals surface area contributed by atoms with Gasteiger partial charge < -0.3 is 4.90 Å². The molecule has 0 aliphatic heterocycles. The van der Waals surface area contributed by atoms with Gasteiger partial charge in [0.05, 0.1) is 22.6 Å². The number of aryl methyl sites for hydroxylation is 1. The lowest BCUT2D eigenvalue weighted by atomic mass is 10.1. The Bertz CT molecular complexity index is 933. The van der Waals surface area contributed by atoms with E-state index in [0.717, 1.165) is 11.4 Å². The lowest BCUT2D eigenvalue weighted by molar-refractivity contribution is 0.0782. The summed E-state index contributed by atoms with van der Waals surface area (Å²) in [6, 6.07) is 14.1. The van der Waals surface area contributed by atoms with Crippen LogP contribution in [0.4, 0.5) is 4.39 Å². The number of para-hydroxylation sites is 1. The van der Waals surface area contributed by atoms with Crippen molar-refractivity contribution in [1.29, 1.82) is 0 Å². The molecule has 134 valence electrons. The standard InChI is InChI=1S/C20H19ClFN3O/c1-13-19(14(2)25(23-13)15-8-5-4-6-9-15)20(26)24(3)12-16-17(21)10-7-11-18(16)22/h4-11H,12H2,1-3H3. The van der Waals surface area contributed by atoms with E-state index in [1.165, 1.54) is 11.0 Å². The van der Waals surface area contributed by atoms with Crippen molar-refractivity contribution in [1.82, 2.24) is 14.7 Å². The Morgan fingerprint density at radius 3 is 2.50 bits per heavy atom. The number of hydrogen-bond donors (Lipinski definition) is 0. The van der Waals surface area contributed by atoms with E-state index < -0.39 is 5.82 Å². The minimum atomic E-state index is -0.425. The molecule has 0 bridgehead atoms. The van der Waals surface area contributed by atoms with Crippen LogP contribution in [0.15, 0.2) is 48.5 Å². The highest BCUT2D eigenvalue weighted by Gasteiger charge is 2.23. The molecular weight excluding hydrogens is 353 g/mol. The summed E-state index contributed by atoms with van der Waals surface area (Å²) in [6.07, 6.45) is 0. The van der Waals surface area contributed by atoms with Gasteiger partial charge in [0.15, 0.2) is 0 Å². The third kappa shape index (κ3) is 3.35. The molecule has 4 nitrogen and oxygen atoms in total. The minimum Gasteiger partial charge on any atom is -0.337 e. The molecule has 0 aliphatic carbocycles. The molecule has 0 saturated heterocycles. The van der Waals surface area contributed by atoms with E-state index >= 15 is 0 Å². The number of carbonyl (C=O) groups excluding carboxylic acids is 1. The summed E-state index contributed by atoms with van der Waals surface area (Å²) >= 11 is 6.08. The summed E-state index contributed by atoms with van der Waals surface area (Å²) in [6.45, 7) is 3.73. The Balaban J connectivity index is 1.92. The van der Waals surface area contributed by atoms with Gasteiger partial charge in [-0.2, -0.15) is 5.10 Å². The van der Waals surface area contributed by atoms with Crippen LogP contribution in [-0.2, 0) is 6.54 Å². The monoisotopic (exact) mass is 371 g/mol. The van der Waals surface area contributed by atoms with Gasteiger partial charge in [0.25, 0.3) is 5.91 Å². The number of halogens is 2. The van der Waals surface area contributed by atoms with Crippen LogP contribution in [0.1, 0.15) is 27.3 Å². The molecule has 0 saturated carbocycles. The molecule has 0 fully saturated rings. The van der Waals surface area contributed by atoms with Gasteiger partial charge in [-0.15, -0.1) is 0 Å². The zero-order chi connectivity index (χ0) is 18.8. The van der Waals surface area contributed by atoms with Crippen LogP contribution in [-0.4, -0.2) is 27.6 Å². The number of rotatable bonds is 4. The van der Waals surface area contributed by atoms with Gasteiger partial charge in [0.1, 0.15) is 5.82 Å². The summed E-state index contributed by atoms with van der Waals surface area (Å²) < 4.78 is 15.8. The van der Waals surface area contributed by atoms with Crippen molar-refractivity contribution in [2.24, 2.45) is 0 Å². The number of amides is 1. The highest BCUT2D eigenvalue weighted by atomic mass is 35.5. The van der Waals surface area contributed by atoms with Crippen LogP contribution < -0.4 is 0 Å². The maximum Gasteiger partial charge on any atom is 0.257 e. The average molecular weight is 372 g/mol. The van der Waals surface area contributed by atoms with Gasteiger partial charge in [-0.3, -0.25) is 4.79 Å². The van der Waals surface area contributed by atoms with E-state index in [1.807, 2.05) is 37.3 Å². The largest absolute Gasteiger partial charge is 0.337 e. The third-order valence-corrected chi connectivity index (χ3v) is 4.66. The first kappa shape index (κ1) is 18.1. The second-order valence-corrected chi connectivity index (χ2v) is 6.56. The first-order valence-electron chi connectivity index (χ1n) is 8.20. The van der Waals surface area contributed by atoms with E-state index in [4.69, 9.17) is 11.6 Å². The van der Waals surface area contributed by atoms with Crippen molar-refractivity contribution in [3.63, 3.8) is 0 Å². The number of carbonyl (C=O) groups is 1. The minimum absolute atomic E-state index is 0.0831. The van der Waals surface area contributed by atoms with Crippen molar-refractivity contribution < 1.29 is 9.18 Å². The highest BCUT2D eigenvalue weighted by molar-refractivity contribution is 6.31. The van der Waals surface area contributed by atoms with Crippen molar-refractivity contribution in [3.05, 3.63) is 81.9 Å². The highest BCUT2D eigenvalue weighted by Crippen LogP contribution is 2.23. The second kappa shape index (κ2) is 7.30. The normalized spacial score (nSPS) is 10.8. The van der Waals surface area contributed by atoms with E-state index in [-0.39, 0.29) is 12.5 Å². The Kier molecular flexibility index (Phi) is 5.09. The molecule has 26 heavy (non-hydrogen) atoms. The number of nitrogens with zero attached hydrogens (tertiary/aromatic N) is 3. The quantitative estimate of drug-likeness (QED) is 0.674. The molecule has 1 heterocycles. The smallest absolute Gasteiger partial charge is 0.257 e. The molecule has 2 aromatic carbocycles. The van der Waals surface area contributed by atoms with E-state index in [1.54, 1.807) is 30.8 Å². The molecule has 1 aromatic heterocycles. The Labute approximate surface area is 156 Å². The molecule has 0 spiro atoms. The zero-order valence-corrected chi connectivity index (χ0v) is 15.6. The predicted molar refractivity (Wildman–Crippen MR) is 100 cm³/mol. The molecule has 0 atom stereocenters. The molecule has 6 heteroatoms. The van der Waals surface area contributed by atoms with Crippen LogP contribution in [0.3, 0.4) is 0 Å². The van der Waals surface area contributed by atoms with Crippen molar-refractivity contribution in [2.45, 2.75) is 20.4 Å². The molecule has 0 N–H and O–H groups in total. The molecule has 1 amide bonds. The van der Waals surface area contributed by atoms with Crippen molar-refractivity contribution in [3.8, 4) is 5.69 Å². The fourth-order valence-corrected chi connectivity index (χ4v) is 3.18. The maximum absolute atomic E-state index is 14.0. The second-order valence-electron chi connectivity index (χ2n) is 6.15. The van der Waals surface area contributed by atoms with Gasteiger partial charge in [0.2, 0.25) is 0 Å². The fraction of sp³-hybridized carbons (Fsp3) is 0.200. The average Bonchev–Trinajstić information content (AvgIpc) is 2.92. The van der Waals surface area contributed by atoms with Gasteiger partial charge in [-0.25, -0.2) is 9.07 Å². The van der Waals surface area contributed by atoms with Crippen LogP contribution in [0.25, 0.3) is 5.69 Å². The van der Waals surface area contributed by atoms with Crippen molar-refractivity contribution in [2.75, 3.05) is 7.05 Å². The van der Waals surface area contributed by atoms with Crippen LogP contribution in [0.5, 0.6) is 0 Å². The molecule has 3 rings (SSSR count). The van der Waals surface area contributed by atoms with Gasteiger partial charge in [-0.1, -0.05) is 35.9 Å². The Hall–Kier alpha value is -2.66. The molecule has 0 unspecified atom stereocenters. The van der Waals surface area contributed by atoms with Gasteiger partial charge in [0, 0.05) is 24.2 Å². The summed E-state index contributed by atoms with van der Waals surface area (Å²) in [5, 5.41) is 4.80. The Morgan fingerprint density at radius 2 is 1.85 bits per heavy atom. The molecule has 3 aromatic rings. The SMILES string of the molecule is Cc1nn(-c2ccccc2)c(C)c1C(=O)N(C)Cc1c(F)cccc1Cl. The first-order valence-corrected chi connectivity index (χ1v) is 8.58. The first-order chi connectivity index (χ1) is 12.4. The van der Waals surface area contributed by atoms with Gasteiger partial charge >= 0.3 is 0 Å². The lowest BCUT2D eigenvalue weighted by Gasteiger charge is -2.19. The van der Waals surface area contributed by atoms with Crippen LogP contribution >= 0.6 is 11.6 Å². The summed E-state index contributed by atoms with van der Waals surface area (Å²) in [4.78, 5) is 14.4. The third-order valence-electron chi connectivity index (χ3n) is 4.31. The lowest BCUT2D eigenvalue weighted by Crippen LogP contribution is -2.27. The van der Waals surface area contributed by atoms with Gasteiger partial charge in [-0.05, 0) is 38.1 Å². The van der Waals surface area contributed by atoms with Crippen molar-refractivity contribution >= 4 is 17.5 Å². The topological polar surface area (TPSA) is 38.1 Å². The van der Waals surface area contributed by atoms with E-state index in [2.05, 4.69) is 5.10 Å². The van der Waals surface area contributed by atoms with E-state index in [0.29, 0.717) is 21.8 Å². The number of hydrogen-bond acceptors (Lipinski definition) is 2. The zero-order valence-electron chi connectivity index (χ0n) is 14.8. The molecule has 0 aliphatic rings. The predicted octanol–water partition coefficient (Wildman–Crippen LogP) is 4.55. The van der Waals surface area contributed by atoms with Crippen LogP contribution in [0.2, 0.25) is 5.02 Å². The number of benzene rings is 2. The maximum atomic E-state index is 14.0. The Morgan fingerprint density at radius 1 is 1.15 bits per heavy atom.